The summed E-state index contributed by atoms with van der Waals surface area (Å²) >= 11 is 0. The van der Waals surface area contributed by atoms with Gasteiger partial charge in [-0.25, -0.2) is 0 Å². The van der Waals surface area contributed by atoms with E-state index in [1.54, 1.807) is 30.5 Å². The van der Waals surface area contributed by atoms with Crippen LogP contribution < -0.4 is 0 Å². The molecule has 0 bridgehead atoms. The van der Waals surface area contributed by atoms with Crippen molar-refractivity contribution < 1.29 is 5.11 Å². The van der Waals surface area contributed by atoms with Crippen LogP contribution in [0.15, 0.2) is 47.7 Å². The summed E-state index contributed by atoms with van der Waals surface area (Å²) in [7, 11) is 1.97. The minimum Gasteiger partial charge on any atom is -0.508 e. The first kappa shape index (κ1) is 9.52. The smallest absolute Gasteiger partial charge is 0.115 e. The number of benzene rings is 1. The van der Waals surface area contributed by atoms with Crippen LogP contribution in [0.4, 0.5) is 5.69 Å². The van der Waals surface area contributed by atoms with Gasteiger partial charge in [0.25, 0.3) is 0 Å². The van der Waals surface area contributed by atoms with Crippen LogP contribution in [0.3, 0.4) is 0 Å². The molecule has 0 fully saturated rings. The first-order chi connectivity index (χ1) is 7.24. The van der Waals surface area contributed by atoms with E-state index in [9.17, 15) is 0 Å². The predicted molar refractivity (Wildman–Crippen MR) is 60.8 cm³/mol. The Morgan fingerprint density at radius 2 is 1.93 bits per heavy atom. The molecule has 1 heterocycles. The second-order valence-corrected chi connectivity index (χ2v) is 3.38. The van der Waals surface area contributed by atoms with Gasteiger partial charge in [0.2, 0.25) is 0 Å². The summed E-state index contributed by atoms with van der Waals surface area (Å²) < 4.78 is 1.97. The number of aryl methyl sites for hydroxylation is 1. The van der Waals surface area contributed by atoms with Crippen LogP contribution in [0.5, 0.6) is 5.75 Å². The van der Waals surface area contributed by atoms with Crippen molar-refractivity contribution in [1.82, 2.24) is 4.57 Å². The second kappa shape index (κ2) is 4.00. The molecule has 0 aliphatic carbocycles. The molecule has 2 rings (SSSR count). The second-order valence-electron chi connectivity index (χ2n) is 3.38. The SMILES string of the molecule is Cn1ccc(C=Nc2ccc(O)cc2)c1. The predicted octanol–water partition coefficient (Wildman–Crippen LogP) is 2.48. The average Bonchev–Trinajstić information content (AvgIpc) is 2.64. The van der Waals surface area contributed by atoms with Crippen molar-refractivity contribution in [2.24, 2.45) is 12.0 Å². The summed E-state index contributed by atoms with van der Waals surface area (Å²) in [5.74, 6) is 0.258. The number of aromatic hydroxyl groups is 1. The van der Waals surface area contributed by atoms with E-state index >= 15 is 0 Å². The van der Waals surface area contributed by atoms with Crippen molar-refractivity contribution in [3.8, 4) is 5.75 Å². The Bertz CT molecular complexity index is 469. The van der Waals surface area contributed by atoms with Gasteiger partial charge in [0.05, 0.1) is 5.69 Å². The number of rotatable bonds is 2. The fourth-order valence-electron chi connectivity index (χ4n) is 1.29. The van der Waals surface area contributed by atoms with Crippen LogP contribution in [0, 0.1) is 0 Å². The third kappa shape index (κ3) is 2.47. The number of nitrogens with zero attached hydrogens (tertiary/aromatic N) is 2. The first-order valence-corrected chi connectivity index (χ1v) is 4.69. The molecule has 15 heavy (non-hydrogen) atoms. The van der Waals surface area contributed by atoms with E-state index in [4.69, 9.17) is 5.11 Å². The lowest BCUT2D eigenvalue weighted by atomic mass is 10.3. The van der Waals surface area contributed by atoms with Crippen LogP contribution in [-0.2, 0) is 7.05 Å². The third-order valence-electron chi connectivity index (χ3n) is 2.07. The molecule has 3 nitrogen and oxygen atoms in total. The molecule has 0 unspecified atom stereocenters. The number of aliphatic imine (C=N–C) groups is 1. The molecule has 0 aliphatic heterocycles. The lowest BCUT2D eigenvalue weighted by molar-refractivity contribution is 0.475. The van der Waals surface area contributed by atoms with Gasteiger partial charge in [-0.15, -0.1) is 0 Å². The Kier molecular flexibility index (Phi) is 2.54. The molecule has 0 atom stereocenters. The lowest BCUT2D eigenvalue weighted by Gasteiger charge is -1.93. The molecule has 0 spiro atoms. The van der Waals surface area contributed by atoms with E-state index < -0.39 is 0 Å². The number of hydrogen-bond donors (Lipinski definition) is 1. The van der Waals surface area contributed by atoms with Crippen LogP contribution in [0.25, 0.3) is 0 Å². The summed E-state index contributed by atoms with van der Waals surface area (Å²) in [6, 6.07) is 8.78. The summed E-state index contributed by atoms with van der Waals surface area (Å²) in [6.45, 7) is 0. The molecule has 1 aromatic heterocycles. The van der Waals surface area contributed by atoms with Crippen molar-refractivity contribution in [2.75, 3.05) is 0 Å². The number of phenolic OH excluding ortho intramolecular Hbond substituents is 1. The topological polar surface area (TPSA) is 37.5 Å². The minimum absolute atomic E-state index is 0.258. The van der Waals surface area contributed by atoms with E-state index in [-0.39, 0.29) is 5.75 Å². The number of phenols is 1. The van der Waals surface area contributed by atoms with Gasteiger partial charge in [0.1, 0.15) is 5.75 Å². The largest absolute Gasteiger partial charge is 0.508 e. The molecule has 0 saturated carbocycles. The number of hydrogen-bond acceptors (Lipinski definition) is 2. The minimum atomic E-state index is 0.258. The number of aromatic nitrogens is 1. The zero-order valence-corrected chi connectivity index (χ0v) is 8.46. The normalized spacial score (nSPS) is 11.0. The summed E-state index contributed by atoms with van der Waals surface area (Å²) in [4.78, 5) is 4.28. The van der Waals surface area contributed by atoms with Crippen LogP contribution in [-0.4, -0.2) is 15.9 Å². The van der Waals surface area contributed by atoms with E-state index in [0.717, 1.165) is 11.3 Å². The van der Waals surface area contributed by atoms with Crippen LogP contribution in [0.2, 0.25) is 0 Å². The maximum atomic E-state index is 9.09. The maximum absolute atomic E-state index is 9.09. The molecule has 3 heteroatoms. The molecule has 0 saturated heterocycles. The van der Waals surface area contributed by atoms with Gasteiger partial charge < -0.3 is 9.67 Å². The van der Waals surface area contributed by atoms with Crippen molar-refractivity contribution in [2.45, 2.75) is 0 Å². The van der Waals surface area contributed by atoms with E-state index in [0.29, 0.717) is 0 Å². The van der Waals surface area contributed by atoms with Crippen molar-refractivity contribution in [3.05, 3.63) is 48.3 Å². The van der Waals surface area contributed by atoms with Gasteiger partial charge in [-0.1, -0.05) is 0 Å². The van der Waals surface area contributed by atoms with Gasteiger partial charge in [-0.3, -0.25) is 4.99 Å². The first-order valence-electron chi connectivity index (χ1n) is 4.69. The Morgan fingerprint density at radius 3 is 2.53 bits per heavy atom. The molecule has 1 aromatic carbocycles. The fourth-order valence-corrected chi connectivity index (χ4v) is 1.29. The quantitative estimate of drug-likeness (QED) is 0.743. The molecule has 0 aliphatic rings. The van der Waals surface area contributed by atoms with Crippen molar-refractivity contribution in [3.63, 3.8) is 0 Å². The van der Waals surface area contributed by atoms with E-state index in [1.807, 2.05) is 30.1 Å². The highest BCUT2D eigenvalue weighted by atomic mass is 16.3. The van der Waals surface area contributed by atoms with Gasteiger partial charge in [-0.05, 0) is 30.3 Å². The Hall–Kier alpha value is -2.03. The van der Waals surface area contributed by atoms with Crippen molar-refractivity contribution in [1.29, 1.82) is 0 Å². The standard InChI is InChI=1S/C12H12N2O/c1-14-7-6-10(9-14)8-13-11-2-4-12(15)5-3-11/h2-9,15H,1H3. The highest BCUT2D eigenvalue weighted by Gasteiger charge is 1.91. The van der Waals surface area contributed by atoms with Gasteiger partial charge >= 0.3 is 0 Å². The lowest BCUT2D eigenvalue weighted by Crippen LogP contribution is -1.79. The van der Waals surface area contributed by atoms with Gasteiger partial charge in [0.15, 0.2) is 0 Å². The highest BCUT2D eigenvalue weighted by Crippen LogP contribution is 2.16. The molecular formula is C12H12N2O. The van der Waals surface area contributed by atoms with Crippen molar-refractivity contribution >= 4 is 11.9 Å². The molecule has 2 aromatic rings. The molecule has 0 amide bonds. The fraction of sp³-hybridized carbons (Fsp3) is 0.0833. The third-order valence-corrected chi connectivity index (χ3v) is 2.07. The Balaban J connectivity index is 2.14. The molecule has 0 radical (unpaired) electrons. The molecule has 76 valence electrons. The van der Waals surface area contributed by atoms with Crippen LogP contribution in [0.1, 0.15) is 5.56 Å². The summed E-state index contributed by atoms with van der Waals surface area (Å²) in [5, 5.41) is 9.09. The van der Waals surface area contributed by atoms with E-state index in [1.165, 1.54) is 0 Å². The monoisotopic (exact) mass is 200 g/mol. The zero-order valence-electron chi connectivity index (χ0n) is 8.46. The van der Waals surface area contributed by atoms with Gasteiger partial charge in [-0.2, -0.15) is 0 Å². The Labute approximate surface area is 88.3 Å². The van der Waals surface area contributed by atoms with Gasteiger partial charge in [0, 0.05) is 31.2 Å². The Morgan fingerprint density at radius 1 is 1.20 bits per heavy atom. The average molecular weight is 200 g/mol. The molecule has 1 N–H and O–H groups in total. The van der Waals surface area contributed by atoms with E-state index in [2.05, 4.69) is 4.99 Å². The maximum Gasteiger partial charge on any atom is 0.115 e. The van der Waals surface area contributed by atoms with Crippen LogP contribution >= 0.6 is 0 Å². The zero-order chi connectivity index (χ0) is 10.7. The highest BCUT2D eigenvalue weighted by molar-refractivity contribution is 5.81. The summed E-state index contributed by atoms with van der Waals surface area (Å²) in [5.41, 5.74) is 1.89. The summed E-state index contributed by atoms with van der Waals surface area (Å²) in [6.07, 6.45) is 5.76. The molecular weight excluding hydrogens is 188 g/mol.